The summed E-state index contributed by atoms with van der Waals surface area (Å²) in [5, 5.41) is 4.94. The van der Waals surface area contributed by atoms with Crippen molar-refractivity contribution in [3.05, 3.63) is 218 Å². The van der Waals surface area contributed by atoms with Gasteiger partial charge in [-0.3, -0.25) is 0 Å². The molecule has 0 aliphatic heterocycles. The lowest BCUT2D eigenvalue weighted by Gasteiger charge is -2.16. The van der Waals surface area contributed by atoms with Gasteiger partial charge < -0.3 is 9.13 Å². The Bertz CT molecular complexity index is 3210. The Labute approximate surface area is 325 Å². The van der Waals surface area contributed by atoms with Crippen molar-refractivity contribution >= 4 is 43.6 Å². The van der Waals surface area contributed by atoms with Gasteiger partial charge in [-0.2, -0.15) is 0 Å². The zero-order valence-electron chi connectivity index (χ0n) is 30.7. The highest BCUT2D eigenvalue weighted by Crippen LogP contribution is 2.43. The van der Waals surface area contributed by atoms with Gasteiger partial charge in [0.2, 0.25) is 0 Å². The smallest absolute Gasteiger partial charge is 0.0788 e. The molecule has 0 bridgehead atoms. The number of fused-ring (bicyclic) bond motifs is 7. The lowest BCUT2D eigenvalue weighted by Crippen LogP contribution is -2.00. The lowest BCUT2D eigenvalue weighted by atomic mass is 9.96. The Kier molecular flexibility index (Phi) is 7.53. The van der Waals surface area contributed by atoms with E-state index in [2.05, 4.69) is 228 Å². The summed E-state index contributed by atoms with van der Waals surface area (Å²) in [5.41, 5.74) is 16.6. The van der Waals surface area contributed by atoms with E-state index in [-0.39, 0.29) is 0 Å². The molecular weight excluding hydrogens is 677 g/mol. The molecule has 262 valence electrons. The van der Waals surface area contributed by atoms with Crippen molar-refractivity contribution in [2.24, 2.45) is 0 Å². The normalized spacial score (nSPS) is 11.6. The molecule has 9 aromatic carbocycles. The first-order valence-electron chi connectivity index (χ1n) is 19.3. The summed E-state index contributed by atoms with van der Waals surface area (Å²) in [5.74, 6) is 0. The van der Waals surface area contributed by atoms with E-state index in [4.69, 9.17) is 0 Å². The van der Waals surface area contributed by atoms with Gasteiger partial charge in [-0.1, -0.05) is 176 Å². The molecule has 0 saturated carbocycles. The van der Waals surface area contributed by atoms with Crippen LogP contribution in [-0.2, 0) is 0 Å². The average Bonchev–Trinajstić information content (AvgIpc) is 3.80. The van der Waals surface area contributed by atoms with Crippen LogP contribution in [-0.4, -0.2) is 9.13 Å². The monoisotopic (exact) mass is 712 g/mol. The van der Waals surface area contributed by atoms with Crippen molar-refractivity contribution in [1.82, 2.24) is 9.13 Å². The van der Waals surface area contributed by atoms with Crippen LogP contribution < -0.4 is 0 Å². The average molecular weight is 713 g/mol. The number of rotatable bonds is 6. The van der Waals surface area contributed by atoms with Crippen molar-refractivity contribution in [2.45, 2.75) is 0 Å². The SMILES string of the molecule is c1ccc(-c2ccc(-c3cc(-c4ccccc4)cc(-n4c5ccccc5c5ccc6c7ccccc7n(-c7cccc(-c8ccccc8)c7)c6c54)c3)cc2)cc1. The standard InChI is InChI=1S/C54H36N2/c1-4-15-37(16-5-1)40-27-29-41(30-28-40)44-33-43(39-19-8-3-9-20-39)35-46(36-44)56-52-26-13-11-24-48(52)50-32-31-49-47-23-10-12-25-51(47)55(53(49)54(50)56)45-22-14-21-42(34-45)38-17-6-2-7-18-38/h1-36H. The number of hydrogen-bond donors (Lipinski definition) is 0. The predicted octanol–water partition coefficient (Wildman–Crippen LogP) is 14.5. The van der Waals surface area contributed by atoms with Crippen LogP contribution in [0, 0.1) is 0 Å². The minimum Gasteiger partial charge on any atom is -0.307 e. The molecule has 0 N–H and O–H groups in total. The van der Waals surface area contributed by atoms with Crippen LogP contribution in [0.4, 0.5) is 0 Å². The highest BCUT2D eigenvalue weighted by molar-refractivity contribution is 6.24. The van der Waals surface area contributed by atoms with Gasteiger partial charge in [0.1, 0.15) is 0 Å². The van der Waals surface area contributed by atoms with E-state index in [1.807, 2.05) is 0 Å². The van der Waals surface area contributed by atoms with Gasteiger partial charge in [-0.05, 0) is 87.0 Å². The van der Waals surface area contributed by atoms with E-state index in [0.717, 1.165) is 11.4 Å². The van der Waals surface area contributed by atoms with Gasteiger partial charge in [0, 0.05) is 32.9 Å². The van der Waals surface area contributed by atoms with E-state index in [0.29, 0.717) is 0 Å². The van der Waals surface area contributed by atoms with Gasteiger partial charge in [0.15, 0.2) is 0 Å². The maximum Gasteiger partial charge on any atom is 0.0788 e. The van der Waals surface area contributed by atoms with Crippen LogP contribution in [0.15, 0.2) is 218 Å². The lowest BCUT2D eigenvalue weighted by molar-refractivity contribution is 1.15. The molecule has 0 radical (unpaired) electrons. The van der Waals surface area contributed by atoms with Crippen LogP contribution in [0.1, 0.15) is 0 Å². The van der Waals surface area contributed by atoms with Crippen molar-refractivity contribution in [3.8, 4) is 55.9 Å². The third-order valence-electron chi connectivity index (χ3n) is 11.3. The Morgan fingerprint density at radius 2 is 0.589 bits per heavy atom. The summed E-state index contributed by atoms with van der Waals surface area (Å²) in [7, 11) is 0. The van der Waals surface area contributed by atoms with Crippen LogP contribution >= 0.6 is 0 Å². The second-order valence-corrected chi connectivity index (χ2v) is 14.6. The van der Waals surface area contributed by atoms with E-state index in [1.54, 1.807) is 0 Å². The second-order valence-electron chi connectivity index (χ2n) is 14.6. The quantitative estimate of drug-likeness (QED) is 0.162. The van der Waals surface area contributed by atoms with Gasteiger partial charge in [0.05, 0.1) is 22.1 Å². The summed E-state index contributed by atoms with van der Waals surface area (Å²) < 4.78 is 5.00. The topological polar surface area (TPSA) is 9.86 Å². The van der Waals surface area contributed by atoms with Crippen LogP contribution in [0.5, 0.6) is 0 Å². The summed E-state index contributed by atoms with van der Waals surface area (Å²) in [6.07, 6.45) is 0. The Balaban J connectivity index is 1.22. The van der Waals surface area contributed by atoms with E-state index >= 15 is 0 Å². The summed E-state index contributed by atoms with van der Waals surface area (Å²) >= 11 is 0. The molecule has 0 aliphatic rings. The molecule has 56 heavy (non-hydrogen) atoms. The fourth-order valence-electron chi connectivity index (χ4n) is 8.68. The Morgan fingerprint density at radius 3 is 1.12 bits per heavy atom. The summed E-state index contributed by atoms with van der Waals surface area (Å²) in [4.78, 5) is 0. The minimum absolute atomic E-state index is 1.13. The number of benzene rings is 9. The molecule has 0 amide bonds. The molecule has 2 nitrogen and oxygen atoms in total. The first kappa shape index (κ1) is 32.0. The molecule has 11 aromatic rings. The third-order valence-corrected chi connectivity index (χ3v) is 11.3. The van der Waals surface area contributed by atoms with E-state index in [1.165, 1.54) is 88.1 Å². The second kappa shape index (κ2) is 13.2. The molecular formula is C54H36N2. The molecule has 0 spiro atoms. The van der Waals surface area contributed by atoms with Crippen molar-refractivity contribution in [3.63, 3.8) is 0 Å². The fourth-order valence-corrected chi connectivity index (χ4v) is 8.68. The van der Waals surface area contributed by atoms with E-state index in [9.17, 15) is 0 Å². The molecule has 0 fully saturated rings. The number of para-hydroxylation sites is 2. The minimum atomic E-state index is 1.13. The Morgan fingerprint density at radius 1 is 0.214 bits per heavy atom. The van der Waals surface area contributed by atoms with Gasteiger partial charge >= 0.3 is 0 Å². The van der Waals surface area contributed by atoms with Gasteiger partial charge in [0.25, 0.3) is 0 Å². The first-order valence-corrected chi connectivity index (χ1v) is 19.3. The number of nitrogens with zero attached hydrogens (tertiary/aromatic N) is 2. The molecule has 0 aliphatic carbocycles. The van der Waals surface area contributed by atoms with Crippen molar-refractivity contribution in [1.29, 1.82) is 0 Å². The molecule has 2 aromatic heterocycles. The maximum atomic E-state index is 2.51. The van der Waals surface area contributed by atoms with Crippen LogP contribution in [0.25, 0.3) is 99.5 Å². The molecule has 2 heterocycles. The maximum absolute atomic E-state index is 2.51. The zero-order valence-corrected chi connectivity index (χ0v) is 30.7. The molecule has 2 heteroatoms. The fraction of sp³-hybridized carbons (Fsp3) is 0. The highest BCUT2D eigenvalue weighted by atomic mass is 15.0. The zero-order chi connectivity index (χ0) is 37.0. The molecule has 0 atom stereocenters. The molecule has 11 rings (SSSR count). The van der Waals surface area contributed by atoms with Crippen LogP contribution in [0.2, 0.25) is 0 Å². The molecule has 0 unspecified atom stereocenters. The number of aromatic nitrogens is 2. The first-order chi connectivity index (χ1) is 27.8. The van der Waals surface area contributed by atoms with E-state index < -0.39 is 0 Å². The number of hydrogen-bond acceptors (Lipinski definition) is 0. The largest absolute Gasteiger partial charge is 0.307 e. The summed E-state index contributed by atoms with van der Waals surface area (Å²) in [6.45, 7) is 0. The third kappa shape index (κ3) is 5.26. The highest BCUT2D eigenvalue weighted by Gasteiger charge is 2.22. The van der Waals surface area contributed by atoms with Gasteiger partial charge in [-0.25, -0.2) is 0 Å². The predicted molar refractivity (Wildman–Crippen MR) is 237 cm³/mol. The van der Waals surface area contributed by atoms with Crippen molar-refractivity contribution in [2.75, 3.05) is 0 Å². The van der Waals surface area contributed by atoms with Crippen LogP contribution in [0.3, 0.4) is 0 Å². The summed E-state index contributed by atoms with van der Waals surface area (Å²) in [6, 6.07) is 79.5. The van der Waals surface area contributed by atoms with Gasteiger partial charge in [-0.15, -0.1) is 0 Å². The molecule has 0 saturated heterocycles. The van der Waals surface area contributed by atoms with Crippen molar-refractivity contribution < 1.29 is 0 Å². The Hall–Kier alpha value is -7.42.